The van der Waals surface area contributed by atoms with Crippen molar-refractivity contribution in [1.82, 2.24) is 5.32 Å². The van der Waals surface area contributed by atoms with Gasteiger partial charge in [-0.3, -0.25) is 4.79 Å². The predicted octanol–water partition coefficient (Wildman–Crippen LogP) is 0.899. The maximum atomic E-state index is 11.1. The average molecular weight is 332 g/mol. The number of aromatic hydroxyl groups is 2. The van der Waals surface area contributed by atoms with Crippen molar-refractivity contribution in [3.8, 4) is 17.2 Å². The van der Waals surface area contributed by atoms with Gasteiger partial charge >= 0.3 is 0 Å². The van der Waals surface area contributed by atoms with Crippen LogP contribution in [-0.4, -0.2) is 40.9 Å². The first-order chi connectivity index (χ1) is 11.5. The number of carbonyl (C=O) groups excluding carboxylic acids is 1. The lowest BCUT2D eigenvalue weighted by Gasteiger charge is -2.13. The molecule has 2 aromatic carbocycles. The van der Waals surface area contributed by atoms with E-state index in [1.807, 2.05) is 0 Å². The van der Waals surface area contributed by atoms with Gasteiger partial charge in [0.1, 0.15) is 23.9 Å². The molecule has 1 atom stereocenters. The molecule has 0 heterocycles. The van der Waals surface area contributed by atoms with Crippen LogP contribution in [0.15, 0.2) is 42.5 Å². The number of carbonyl (C=O) groups is 1. The molecule has 24 heavy (non-hydrogen) atoms. The Morgan fingerprint density at radius 1 is 1.17 bits per heavy atom. The minimum Gasteiger partial charge on any atom is -0.508 e. The molecule has 1 unspecified atom stereocenters. The Hall–Kier alpha value is -2.77. The van der Waals surface area contributed by atoms with Crippen LogP contribution in [0.2, 0.25) is 0 Å². The Bertz CT molecular complexity index is 688. The fraction of sp³-hybridized carbons (Fsp3) is 0.235. The van der Waals surface area contributed by atoms with E-state index in [2.05, 4.69) is 5.32 Å². The molecule has 2 aromatic rings. The highest BCUT2D eigenvalue weighted by Crippen LogP contribution is 2.22. The smallest absolute Gasteiger partial charge is 0.252 e. The number of phenolic OH excluding ortho intramolecular Hbond substituents is 1. The van der Waals surface area contributed by atoms with Crippen LogP contribution < -0.4 is 15.8 Å². The van der Waals surface area contributed by atoms with Gasteiger partial charge in [-0.1, -0.05) is 12.1 Å². The van der Waals surface area contributed by atoms with E-state index in [-0.39, 0.29) is 17.1 Å². The second-order valence-electron chi connectivity index (χ2n) is 5.20. The molecule has 7 heteroatoms. The van der Waals surface area contributed by atoms with Gasteiger partial charge in [-0.2, -0.15) is 0 Å². The summed E-state index contributed by atoms with van der Waals surface area (Å²) in [6.07, 6.45) is -0.694. The van der Waals surface area contributed by atoms with E-state index in [9.17, 15) is 20.1 Å². The van der Waals surface area contributed by atoms with Gasteiger partial charge in [0.05, 0.1) is 11.7 Å². The molecule has 0 aliphatic carbocycles. The average Bonchev–Trinajstić information content (AvgIpc) is 2.56. The number of nitrogens with one attached hydrogen (secondary N) is 1. The van der Waals surface area contributed by atoms with Crippen LogP contribution in [0.3, 0.4) is 0 Å². The first-order valence-corrected chi connectivity index (χ1v) is 7.40. The van der Waals surface area contributed by atoms with Crippen LogP contribution in [0.25, 0.3) is 0 Å². The molecule has 0 fully saturated rings. The highest BCUT2D eigenvalue weighted by molar-refractivity contribution is 5.95. The molecule has 0 spiro atoms. The quantitative estimate of drug-likeness (QED) is 0.457. The minimum atomic E-state index is -0.729. The predicted molar refractivity (Wildman–Crippen MR) is 88.1 cm³/mol. The number of amides is 1. The number of nitrogens with two attached hydrogens (primary N) is 1. The summed E-state index contributed by atoms with van der Waals surface area (Å²) in [7, 11) is 0. The van der Waals surface area contributed by atoms with Crippen molar-refractivity contribution in [3.05, 3.63) is 53.6 Å². The summed E-state index contributed by atoms with van der Waals surface area (Å²) >= 11 is 0. The zero-order valence-electron chi connectivity index (χ0n) is 13.0. The molecule has 128 valence electrons. The molecule has 0 saturated heterocycles. The molecular weight excluding hydrogens is 312 g/mol. The summed E-state index contributed by atoms with van der Waals surface area (Å²) in [6.45, 7) is 1.11. The standard InChI is InChI=1S/C17H20N2O5/c18-17(23)14-9-13(5-6-15(14)21)24-8-7-19-10-16(22)11-1-3-12(20)4-2-11/h1-6,9,16,19-22H,7-8,10H2,(H2,18,23). The van der Waals surface area contributed by atoms with E-state index in [4.69, 9.17) is 10.5 Å². The SMILES string of the molecule is NC(=O)c1cc(OCCNCC(O)c2ccc(O)cc2)ccc1O. The molecule has 1 amide bonds. The zero-order valence-corrected chi connectivity index (χ0v) is 13.0. The number of benzene rings is 2. The Labute approximate surface area is 139 Å². The van der Waals surface area contributed by atoms with Gasteiger partial charge < -0.3 is 31.1 Å². The Morgan fingerprint density at radius 2 is 1.88 bits per heavy atom. The van der Waals surface area contributed by atoms with Gasteiger partial charge in [-0.25, -0.2) is 0 Å². The van der Waals surface area contributed by atoms with Crippen molar-refractivity contribution in [1.29, 1.82) is 0 Å². The number of ether oxygens (including phenoxy) is 1. The van der Waals surface area contributed by atoms with Crippen LogP contribution in [0.1, 0.15) is 22.0 Å². The molecule has 0 aliphatic rings. The van der Waals surface area contributed by atoms with Crippen molar-refractivity contribution in [2.24, 2.45) is 5.73 Å². The molecule has 0 aromatic heterocycles. The van der Waals surface area contributed by atoms with Crippen LogP contribution >= 0.6 is 0 Å². The summed E-state index contributed by atoms with van der Waals surface area (Å²) in [6, 6.07) is 10.6. The third-order valence-corrected chi connectivity index (χ3v) is 3.40. The summed E-state index contributed by atoms with van der Waals surface area (Å²) in [5.74, 6) is -0.350. The van der Waals surface area contributed by atoms with Crippen molar-refractivity contribution < 1.29 is 24.9 Å². The lowest BCUT2D eigenvalue weighted by molar-refractivity contribution is 0.0997. The summed E-state index contributed by atoms with van der Waals surface area (Å²) in [4.78, 5) is 11.1. The maximum absolute atomic E-state index is 11.1. The first-order valence-electron chi connectivity index (χ1n) is 7.40. The maximum Gasteiger partial charge on any atom is 0.252 e. The normalized spacial score (nSPS) is 11.9. The van der Waals surface area contributed by atoms with Gasteiger partial charge in [0.25, 0.3) is 5.91 Å². The van der Waals surface area contributed by atoms with Crippen molar-refractivity contribution in [3.63, 3.8) is 0 Å². The molecule has 7 nitrogen and oxygen atoms in total. The molecule has 0 radical (unpaired) electrons. The van der Waals surface area contributed by atoms with E-state index in [0.29, 0.717) is 31.0 Å². The van der Waals surface area contributed by atoms with E-state index in [0.717, 1.165) is 0 Å². The fourth-order valence-corrected chi connectivity index (χ4v) is 2.10. The second-order valence-corrected chi connectivity index (χ2v) is 5.20. The van der Waals surface area contributed by atoms with Crippen molar-refractivity contribution in [2.75, 3.05) is 19.7 Å². The van der Waals surface area contributed by atoms with E-state index in [1.54, 1.807) is 12.1 Å². The zero-order chi connectivity index (χ0) is 17.5. The number of phenols is 2. The topological polar surface area (TPSA) is 125 Å². The Kier molecular flexibility index (Phi) is 6.00. The van der Waals surface area contributed by atoms with Crippen LogP contribution in [0, 0.1) is 0 Å². The van der Waals surface area contributed by atoms with Gasteiger partial charge in [0.15, 0.2) is 0 Å². The van der Waals surface area contributed by atoms with Gasteiger partial charge in [-0.15, -0.1) is 0 Å². The number of aliphatic hydroxyl groups is 1. The Balaban J connectivity index is 1.74. The largest absolute Gasteiger partial charge is 0.508 e. The van der Waals surface area contributed by atoms with Crippen LogP contribution in [-0.2, 0) is 0 Å². The van der Waals surface area contributed by atoms with Gasteiger partial charge in [-0.05, 0) is 35.9 Å². The summed E-state index contributed by atoms with van der Waals surface area (Å²) in [5, 5.41) is 31.7. The third-order valence-electron chi connectivity index (χ3n) is 3.40. The number of hydrogen-bond acceptors (Lipinski definition) is 6. The van der Waals surface area contributed by atoms with Crippen molar-refractivity contribution in [2.45, 2.75) is 6.10 Å². The molecular formula is C17H20N2O5. The van der Waals surface area contributed by atoms with E-state index >= 15 is 0 Å². The van der Waals surface area contributed by atoms with Gasteiger partial charge in [0, 0.05) is 13.1 Å². The van der Waals surface area contributed by atoms with E-state index < -0.39 is 12.0 Å². The Morgan fingerprint density at radius 3 is 2.54 bits per heavy atom. The van der Waals surface area contributed by atoms with Crippen molar-refractivity contribution >= 4 is 5.91 Å². The number of primary amides is 1. The third kappa shape index (κ3) is 4.87. The highest BCUT2D eigenvalue weighted by Gasteiger charge is 2.09. The number of hydrogen-bond donors (Lipinski definition) is 5. The van der Waals surface area contributed by atoms with Crippen LogP contribution in [0.4, 0.5) is 0 Å². The molecule has 6 N–H and O–H groups in total. The van der Waals surface area contributed by atoms with Gasteiger partial charge in [0.2, 0.25) is 0 Å². The first kappa shape index (κ1) is 17.6. The van der Waals surface area contributed by atoms with Crippen LogP contribution in [0.5, 0.6) is 17.2 Å². The lowest BCUT2D eigenvalue weighted by Crippen LogP contribution is -2.26. The monoisotopic (exact) mass is 332 g/mol. The molecule has 0 saturated carbocycles. The molecule has 0 bridgehead atoms. The molecule has 2 rings (SSSR count). The second kappa shape index (κ2) is 8.19. The number of rotatable bonds is 8. The lowest BCUT2D eigenvalue weighted by atomic mass is 10.1. The van der Waals surface area contributed by atoms with E-state index in [1.165, 1.54) is 30.3 Å². The fourth-order valence-electron chi connectivity index (χ4n) is 2.10. The minimum absolute atomic E-state index is 0.00297. The summed E-state index contributed by atoms with van der Waals surface area (Å²) < 4.78 is 5.46. The number of aliphatic hydroxyl groups excluding tert-OH is 1. The highest BCUT2D eigenvalue weighted by atomic mass is 16.5. The molecule has 0 aliphatic heterocycles. The summed E-state index contributed by atoms with van der Waals surface area (Å²) in [5.41, 5.74) is 5.85.